The van der Waals surface area contributed by atoms with Gasteiger partial charge in [-0.25, -0.2) is 4.98 Å². The van der Waals surface area contributed by atoms with Crippen molar-refractivity contribution >= 4 is 15.9 Å². The van der Waals surface area contributed by atoms with Crippen LogP contribution in [0.3, 0.4) is 0 Å². The summed E-state index contributed by atoms with van der Waals surface area (Å²) >= 11 is 3.36. The molecule has 1 aromatic heterocycles. The van der Waals surface area contributed by atoms with E-state index < -0.39 is 6.10 Å². The summed E-state index contributed by atoms with van der Waals surface area (Å²) in [5.74, 6) is 1.24. The zero-order valence-electron chi connectivity index (χ0n) is 9.30. The molecule has 0 spiro atoms. The van der Waals surface area contributed by atoms with E-state index in [1.807, 2.05) is 24.3 Å². The lowest BCUT2D eigenvalue weighted by molar-refractivity contribution is 0.198. The molecule has 0 saturated carbocycles. The Morgan fingerprint density at radius 2 is 1.88 bits per heavy atom. The maximum Gasteiger partial charge on any atom is 0.219 e. The number of ether oxygens (including phenoxy) is 1. The first-order valence-corrected chi connectivity index (χ1v) is 6.02. The molecule has 17 heavy (non-hydrogen) atoms. The quantitative estimate of drug-likeness (QED) is 0.938. The third-order valence-corrected chi connectivity index (χ3v) is 2.81. The molecule has 3 nitrogen and oxygen atoms in total. The summed E-state index contributed by atoms with van der Waals surface area (Å²) in [4.78, 5) is 4.12. The van der Waals surface area contributed by atoms with Gasteiger partial charge in [-0.05, 0) is 42.8 Å². The maximum atomic E-state index is 9.35. The Balaban J connectivity index is 2.11. The van der Waals surface area contributed by atoms with E-state index in [-0.39, 0.29) is 0 Å². The summed E-state index contributed by atoms with van der Waals surface area (Å²) in [5.41, 5.74) is 0.771. The maximum absolute atomic E-state index is 9.35. The average Bonchev–Trinajstić information content (AvgIpc) is 2.33. The van der Waals surface area contributed by atoms with Crippen LogP contribution in [-0.4, -0.2) is 10.1 Å². The average molecular weight is 294 g/mol. The van der Waals surface area contributed by atoms with Crippen molar-refractivity contribution in [1.82, 2.24) is 4.98 Å². The lowest BCUT2D eigenvalue weighted by Crippen LogP contribution is -1.93. The van der Waals surface area contributed by atoms with Crippen LogP contribution in [0.2, 0.25) is 0 Å². The number of aliphatic hydroxyl groups is 1. The molecule has 0 bridgehead atoms. The standard InChI is InChI=1S/C13H12BrNO2/c1-9(16)10-2-7-13(15-8-10)17-12-5-3-11(14)4-6-12/h2-9,16H,1H3. The molecule has 1 heterocycles. The van der Waals surface area contributed by atoms with Gasteiger partial charge in [-0.15, -0.1) is 0 Å². The van der Waals surface area contributed by atoms with Gasteiger partial charge >= 0.3 is 0 Å². The Morgan fingerprint density at radius 3 is 2.41 bits per heavy atom. The molecule has 0 aliphatic heterocycles. The van der Waals surface area contributed by atoms with E-state index in [2.05, 4.69) is 20.9 Å². The number of hydrogen-bond acceptors (Lipinski definition) is 3. The van der Waals surface area contributed by atoms with Crippen molar-refractivity contribution in [2.75, 3.05) is 0 Å². The summed E-state index contributed by atoms with van der Waals surface area (Å²) in [7, 11) is 0. The van der Waals surface area contributed by atoms with Gasteiger partial charge in [-0.1, -0.05) is 15.9 Å². The summed E-state index contributed by atoms with van der Waals surface area (Å²) in [6.07, 6.45) is 1.10. The minimum Gasteiger partial charge on any atom is -0.439 e. The van der Waals surface area contributed by atoms with Crippen molar-refractivity contribution in [2.45, 2.75) is 13.0 Å². The van der Waals surface area contributed by atoms with Crippen LogP contribution in [-0.2, 0) is 0 Å². The van der Waals surface area contributed by atoms with Gasteiger partial charge in [-0.2, -0.15) is 0 Å². The fourth-order valence-corrected chi connectivity index (χ4v) is 1.59. The van der Waals surface area contributed by atoms with Gasteiger partial charge in [-0.3, -0.25) is 0 Å². The topological polar surface area (TPSA) is 42.4 Å². The first-order valence-electron chi connectivity index (χ1n) is 5.22. The fourth-order valence-electron chi connectivity index (χ4n) is 1.32. The van der Waals surface area contributed by atoms with E-state index >= 15 is 0 Å². The van der Waals surface area contributed by atoms with Gasteiger partial charge in [0.25, 0.3) is 0 Å². The van der Waals surface area contributed by atoms with Crippen molar-refractivity contribution in [3.8, 4) is 11.6 Å². The van der Waals surface area contributed by atoms with E-state index in [0.717, 1.165) is 15.8 Å². The third kappa shape index (κ3) is 3.28. The first-order chi connectivity index (χ1) is 8.15. The highest BCUT2D eigenvalue weighted by atomic mass is 79.9. The van der Waals surface area contributed by atoms with Gasteiger partial charge in [0.15, 0.2) is 0 Å². The Bertz CT molecular complexity index is 480. The van der Waals surface area contributed by atoms with Crippen LogP contribution in [0.15, 0.2) is 47.1 Å². The fraction of sp³-hybridized carbons (Fsp3) is 0.154. The molecule has 0 saturated heterocycles. The lowest BCUT2D eigenvalue weighted by Gasteiger charge is -2.07. The predicted molar refractivity (Wildman–Crippen MR) is 69.1 cm³/mol. The normalized spacial score (nSPS) is 12.2. The Labute approximate surface area is 108 Å². The van der Waals surface area contributed by atoms with Crippen molar-refractivity contribution in [2.24, 2.45) is 0 Å². The number of rotatable bonds is 3. The molecule has 2 aromatic rings. The van der Waals surface area contributed by atoms with Gasteiger partial charge in [0.05, 0.1) is 6.10 Å². The molecule has 0 radical (unpaired) electrons. The van der Waals surface area contributed by atoms with Gasteiger partial charge < -0.3 is 9.84 Å². The van der Waals surface area contributed by atoms with Crippen molar-refractivity contribution in [3.05, 3.63) is 52.6 Å². The Hall–Kier alpha value is -1.39. The SMILES string of the molecule is CC(O)c1ccc(Oc2ccc(Br)cc2)nc1. The summed E-state index contributed by atoms with van der Waals surface area (Å²) < 4.78 is 6.56. The van der Waals surface area contributed by atoms with Crippen LogP contribution < -0.4 is 4.74 Å². The van der Waals surface area contributed by atoms with E-state index in [1.54, 1.807) is 25.3 Å². The molecule has 1 atom stereocenters. The summed E-state index contributed by atoms with van der Waals surface area (Å²) in [6.45, 7) is 1.70. The van der Waals surface area contributed by atoms with E-state index in [4.69, 9.17) is 4.74 Å². The molecule has 1 aromatic carbocycles. The van der Waals surface area contributed by atoms with E-state index in [0.29, 0.717) is 5.88 Å². The molecule has 1 N–H and O–H groups in total. The van der Waals surface area contributed by atoms with Crippen LogP contribution in [0.1, 0.15) is 18.6 Å². The minimum absolute atomic E-state index is 0.510. The van der Waals surface area contributed by atoms with Crippen LogP contribution in [0, 0.1) is 0 Å². The molecule has 4 heteroatoms. The number of hydrogen-bond donors (Lipinski definition) is 1. The second-order valence-electron chi connectivity index (χ2n) is 3.66. The van der Waals surface area contributed by atoms with E-state index in [1.165, 1.54) is 0 Å². The largest absolute Gasteiger partial charge is 0.439 e. The molecular formula is C13H12BrNO2. The van der Waals surface area contributed by atoms with Gasteiger partial charge in [0.2, 0.25) is 5.88 Å². The van der Waals surface area contributed by atoms with Gasteiger partial charge in [0.1, 0.15) is 5.75 Å². The van der Waals surface area contributed by atoms with Crippen molar-refractivity contribution in [1.29, 1.82) is 0 Å². The van der Waals surface area contributed by atoms with Crippen molar-refractivity contribution < 1.29 is 9.84 Å². The highest BCUT2D eigenvalue weighted by Crippen LogP contribution is 2.22. The Morgan fingerprint density at radius 1 is 1.18 bits per heavy atom. The molecule has 88 valence electrons. The first kappa shape index (κ1) is 12.1. The van der Waals surface area contributed by atoms with E-state index in [9.17, 15) is 5.11 Å². The number of pyridine rings is 1. The minimum atomic E-state index is -0.510. The van der Waals surface area contributed by atoms with Crippen LogP contribution in [0.4, 0.5) is 0 Å². The molecular weight excluding hydrogens is 282 g/mol. The molecule has 0 aliphatic carbocycles. The van der Waals surface area contributed by atoms with Crippen LogP contribution in [0.5, 0.6) is 11.6 Å². The third-order valence-electron chi connectivity index (χ3n) is 2.28. The summed E-state index contributed by atoms with van der Waals surface area (Å²) in [6, 6.07) is 11.1. The zero-order valence-corrected chi connectivity index (χ0v) is 10.9. The number of halogens is 1. The van der Waals surface area contributed by atoms with Gasteiger partial charge in [0, 0.05) is 16.7 Å². The number of aromatic nitrogens is 1. The van der Waals surface area contributed by atoms with Crippen LogP contribution in [0.25, 0.3) is 0 Å². The van der Waals surface area contributed by atoms with Crippen molar-refractivity contribution in [3.63, 3.8) is 0 Å². The van der Waals surface area contributed by atoms with Crippen LogP contribution >= 0.6 is 15.9 Å². The second-order valence-corrected chi connectivity index (χ2v) is 4.58. The summed E-state index contributed by atoms with van der Waals surface area (Å²) in [5, 5.41) is 9.35. The number of benzene rings is 1. The number of aliphatic hydroxyl groups excluding tert-OH is 1. The second kappa shape index (κ2) is 5.29. The predicted octanol–water partition coefficient (Wildman–Crippen LogP) is 3.69. The molecule has 1 unspecified atom stereocenters. The molecule has 2 rings (SSSR count). The lowest BCUT2D eigenvalue weighted by atomic mass is 10.2. The molecule has 0 amide bonds. The highest BCUT2D eigenvalue weighted by molar-refractivity contribution is 9.10. The zero-order chi connectivity index (χ0) is 12.3. The number of nitrogens with zero attached hydrogens (tertiary/aromatic N) is 1. The molecule has 0 fully saturated rings. The Kier molecular flexibility index (Phi) is 3.76. The monoisotopic (exact) mass is 293 g/mol. The highest BCUT2D eigenvalue weighted by Gasteiger charge is 2.02. The smallest absolute Gasteiger partial charge is 0.219 e. The molecule has 0 aliphatic rings.